The van der Waals surface area contributed by atoms with Crippen LogP contribution in [0, 0.1) is 0 Å². The second-order valence-corrected chi connectivity index (χ2v) is 9.08. The Bertz CT molecular complexity index is 520. The van der Waals surface area contributed by atoms with Crippen LogP contribution in [0.25, 0.3) is 0 Å². The van der Waals surface area contributed by atoms with Crippen molar-refractivity contribution in [3.8, 4) is 0 Å². The van der Waals surface area contributed by atoms with Crippen molar-refractivity contribution < 1.29 is 19.1 Å². The minimum atomic E-state index is -0.725. The van der Waals surface area contributed by atoms with Gasteiger partial charge in [0.1, 0.15) is 0 Å². The summed E-state index contributed by atoms with van der Waals surface area (Å²) in [5.74, 6) is 4.39. The van der Waals surface area contributed by atoms with E-state index in [0.717, 1.165) is 23.0 Å². The fraction of sp³-hybridized carbons (Fsp3) is 0.750. The molecule has 2 heterocycles. The van der Waals surface area contributed by atoms with Crippen molar-refractivity contribution in [3.05, 3.63) is 0 Å². The molecule has 0 N–H and O–H groups in total. The van der Waals surface area contributed by atoms with Gasteiger partial charge in [0.05, 0.1) is 0 Å². The van der Waals surface area contributed by atoms with Crippen molar-refractivity contribution in [2.45, 2.75) is 51.6 Å². The number of nitrogens with zero attached hydrogens (tertiary/aromatic N) is 2. The molecule has 2 aliphatic rings. The number of hydrogen-bond acceptors (Lipinski definition) is 8. The van der Waals surface area contributed by atoms with Crippen LogP contribution in [0.15, 0.2) is 9.98 Å². The fourth-order valence-electron chi connectivity index (χ4n) is 2.08. The summed E-state index contributed by atoms with van der Waals surface area (Å²) in [6.07, 6.45) is 1.37. The minimum Gasteiger partial charge on any atom is -0.410 e. The molecule has 0 spiro atoms. The third kappa shape index (κ3) is 5.24. The maximum atomic E-state index is 11.5. The SMILES string of the molecule is CC1(C)N=C(CCSCCSCCC2=NC(C)(C)C(=O)O2)OC1=O. The van der Waals surface area contributed by atoms with Gasteiger partial charge >= 0.3 is 11.9 Å². The van der Waals surface area contributed by atoms with E-state index in [1.165, 1.54) is 0 Å². The predicted octanol–water partition coefficient (Wildman–Crippen LogP) is 2.70. The second kappa shape index (κ2) is 7.91. The summed E-state index contributed by atoms with van der Waals surface area (Å²) >= 11 is 3.63. The maximum absolute atomic E-state index is 11.5. The molecule has 0 atom stereocenters. The molecule has 0 bridgehead atoms. The summed E-state index contributed by atoms with van der Waals surface area (Å²) < 4.78 is 10.3. The Kier molecular flexibility index (Phi) is 6.36. The van der Waals surface area contributed by atoms with E-state index in [2.05, 4.69) is 9.98 Å². The van der Waals surface area contributed by atoms with Gasteiger partial charge in [0.2, 0.25) is 0 Å². The molecule has 0 aliphatic carbocycles. The molecule has 0 radical (unpaired) electrons. The highest BCUT2D eigenvalue weighted by Gasteiger charge is 2.37. The maximum Gasteiger partial charge on any atom is 0.340 e. The molecule has 24 heavy (non-hydrogen) atoms. The van der Waals surface area contributed by atoms with E-state index in [4.69, 9.17) is 9.47 Å². The van der Waals surface area contributed by atoms with Gasteiger partial charge < -0.3 is 9.47 Å². The lowest BCUT2D eigenvalue weighted by Crippen LogP contribution is -2.25. The summed E-state index contributed by atoms with van der Waals surface area (Å²) in [4.78, 5) is 31.6. The number of thioether (sulfide) groups is 2. The molecule has 2 rings (SSSR count). The Morgan fingerprint density at radius 2 is 1.12 bits per heavy atom. The standard InChI is InChI=1S/C16H24N2O4S2/c1-15(2)13(19)21-11(17-15)5-7-23-9-10-24-8-6-12-18-16(3,4)14(20)22-12/h5-10H2,1-4H3. The van der Waals surface area contributed by atoms with Crippen LogP contribution in [0.4, 0.5) is 0 Å². The monoisotopic (exact) mass is 372 g/mol. The number of hydrogen-bond donors (Lipinski definition) is 0. The van der Waals surface area contributed by atoms with E-state index in [9.17, 15) is 9.59 Å². The van der Waals surface area contributed by atoms with Crippen molar-refractivity contribution in [2.24, 2.45) is 9.98 Å². The predicted molar refractivity (Wildman–Crippen MR) is 99.1 cm³/mol. The van der Waals surface area contributed by atoms with E-state index < -0.39 is 11.1 Å². The van der Waals surface area contributed by atoms with Gasteiger partial charge in [-0.2, -0.15) is 23.5 Å². The molecule has 0 aromatic rings. The zero-order valence-corrected chi connectivity index (χ0v) is 16.2. The largest absolute Gasteiger partial charge is 0.410 e. The van der Waals surface area contributed by atoms with Crippen LogP contribution in [0.3, 0.4) is 0 Å². The molecule has 0 unspecified atom stereocenters. The second-order valence-electron chi connectivity index (χ2n) is 6.63. The Morgan fingerprint density at radius 3 is 1.42 bits per heavy atom. The molecular weight excluding hydrogens is 348 g/mol. The van der Waals surface area contributed by atoms with Gasteiger partial charge in [-0.05, 0) is 27.7 Å². The first kappa shape index (κ1) is 19.3. The normalized spacial score (nSPS) is 21.3. The summed E-state index contributed by atoms with van der Waals surface area (Å²) in [5, 5.41) is 0. The van der Waals surface area contributed by atoms with Gasteiger partial charge in [-0.1, -0.05) is 0 Å². The molecule has 6 nitrogen and oxygen atoms in total. The van der Waals surface area contributed by atoms with Crippen molar-refractivity contribution in [1.29, 1.82) is 0 Å². The van der Waals surface area contributed by atoms with Gasteiger partial charge in [0, 0.05) is 35.9 Å². The average molecular weight is 373 g/mol. The minimum absolute atomic E-state index is 0.267. The van der Waals surface area contributed by atoms with Crippen molar-refractivity contribution in [2.75, 3.05) is 23.0 Å². The van der Waals surface area contributed by atoms with Crippen LogP contribution in [0.2, 0.25) is 0 Å². The van der Waals surface area contributed by atoms with Gasteiger partial charge in [0.15, 0.2) is 22.9 Å². The topological polar surface area (TPSA) is 77.3 Å². The molecule has 0 fully saturated rings. The van der Waals surface area contributed by atoms with E-state index >= 15 is 0 Å². The lowest BCUT2D eigenvalue weighted by Gasteiger charge is -2.05. The fourth-order valence-corrected chi connectivity index (χ4v) is 4.07. The van der Waals surface area contributed by atoms with Gasteiger partial charge in [-0.3, -0.25) is 0 Å². The van der Waals surface area contributed by atoms with Crippen LogP contribution in [-0.2, 0) is 19.1 Å². The highest BCUT2D eigenvalue weighted by Crippen LogP contribution is 2.22. The molecule has 0 aromatic heterocycles. The highest BCUT2D eigenvalue weighted by molar-refractivity contribution is 8.02. The average Bonchev–Trinajstić information content (AvgIpc) is 2.88. The molecule has 2 aliphatic heterocycles. The number of carbonyl (C=O) groups excluding carboxylic acids is 2. The smallest absolute Gasteiger partial charge is 0.340 e. The van der Waals surface area contributed by atoms with Crippen LogP contribution >= 0.6 is 23.5 Å². The molecular formula is C16H24N2O4S2. The van der Waals surface area contributed by atoms with E-state index in [0.29, 0.717) is 24.6 Å². The summed E-state index contributed by atoms with van der Waals surface area (Å²) in [5.41, 5.74) is -1.45. The molecule has 0 saturated heterocycles. The number of carbonyl (C=O) groups is 2. The number of esters is 2. The van der Waals surface area contributed by atoms with Crippen molar-refractivity contribution >= 4 is 47.3 Å². The Morgan fingerprint density at radius 1 is 0.750 bits per heavy atom. The van der Waals surface area contributed by atoms with Crippen LogP contribution in [0.1, 0.15) is 40.5 Å². The van der Waals surface area contributed by atoms with E-state index in [1.54, 1.807) is 27.7 Å². The first-order chi connectivity index (χ1) is 11.2. The molecule has 0 aromatic carbocycles. The first-order valence-electron chi connectivity index (χ1n) is 7.98. The third-order valence-corrected chi connectivity index (χ3v) is 5.75. The van der Waals surface area contributed by atoms with E-state index in [1.807, 2.05) is 23.5 Å². The Balaban J connectivity index is 1.50. The zero-order valence-electron chi connectivity index (χ0n) is 14.6. The lowest BCUT2D eigenvalue weighted by atomic mass is 10.1. The summed E-state index contributed by atoms with van der Waals surface area (Å²) in [7, 11) is 0. The third-order valence-electron chi connectivity index (χ3n) is 3.52. The molecule has 0 amide bonds. The Labute approximate surface area is 151 Å². The van der Waals surface area contributed by atoms with Crippen LogP contribution in [-0.4, -0.2) is 57.8 Å². The molecule has 8 heteroatoms. The number of cyclic esters (lactones) is 2. The van der Waals surface area contributed by atoms with Crippen LogP contribution in [0.5, 0.6) is 0 Å². The number of aliphatic imine (C=N–C) groups is 2. The number of rotatable bonds is 9. The van der Waals surface area contributed by atoms with E-state index in [-0.39, 0.29) is 11.9 Å². The molecule has 0 saturated carbocycles. The van der Waals surface area contributed by atoms with Crippen LogP contribution < -0.4 is 0 Å². The van der Waals surface area contributed by atoms with Gasteiger partial charge in [0.25, 0.3) is 0 Å². The highest BCUT2D eigenvalue weighted by atomic mass is 32.2. The summed E-state index contributed by atoms with van der Waals surface area (Å²) in [6.45, 7) is 7.05. The van der Waals surface area contributed by atoms with Gasteiger partial charge in [-0.15, -0.1) is 0 Å². The van der Waals surface area contributed by atoms with Crippen molar-refractivity contribution in [3.63, 3.8) is 0 Å². The zero-order chi connectivity index (χ0) is 17.8. The van der Waals surface area contributed by atoms with Gasteiger partial charge in [-0.25, -0.2) is 19.6 Å². The molecule has 134 valence electrons. The van der Waals surface area contributed by atoms with Crippen molar-refractivity contribution in [1.82, 2.24) is 0 Å². The summed E-state index contributed by atoms with van der Waals surface area (Å²) in [6, 6.07) is 0. The quantitative estimate of drug-likeness (QED) is 0.457. The number of ether oxygens (including phenoxy) is 2. The lowest BCUT2D eigenvalue weighted by molar-refractivity contribution is -0.138. The Hall–Kier alpha value is -1.02. The first-order valence-corrected chi connectivity index (χ1v) is 10.3.